The van der Waals surface area contributed by atoms with E-state index in [0.29, 0.717) is 40.6 Å². The van der Waals surface area contributed by atoms with Gasteiger partial charge in [0.05, 0.1) is 48.4 Å². The number of fused-ring (bicyclic) bond motifs is 2. The van der Waals surface area contributed by atoms with Gasteiger partial charge in [0.15, 0.2) is 0 Å². The molecule has 3 aromatic carbocycles. The number of aryl methyl sites for hydroxylation is 1. The van der Waals surface area contributed by atoms with Gasteiger partial charge in [0.1, 0.15) is 30.8 Å². The number of hydrogen-bond donors (Lipinski definition) is 2. The Morgan fingerprint density at radius 3 is 2.31 bits per heavy atom. The summed E-state index contributed by atoms with van der Waals surface area (Å²) in [6, 6.07) is 18.6. The number of aromatic nitrogens is 2. The smallest absolute Gasteiger partial charge is 0.369 e. The second-order valence-electron chi connectivity index (χ2n) is 21.6. The number of imide groups is 1. The van der Waals surface area contributed by atoms with E-state index in [-0.39, 0.29) is 105 Å². The van der Waals surface area contributed by atoms with Crippen LogP contribution in [-0.2, 0) is 60.5 Å². The van der Waals surface area contributed by atoms with Crippen molar-refractivity contribution in [2.24, 2.45) is 18.4 Å². The largest absolute Gasteiger partial charge is 0.370 e. The van der Waals surface area contributed by atoms with Gasteiger partial charge in [-0.05, 0) is 110 Å². The third-order valence-corrected chi connectivity index (χ3v) is 18.5. The number of halogens is 1. The summed E-state index contributed by atoms with van der Waals surface area (Å²) < 4.78 is 55.7. The lowest BCUT2D eigenvalue weighted by atomic mass is 9.85. The van der Waals surface area contributed by atoms with E-state index in [1.807, 2.05) is 69.3 Å². The number of carbonyl (C=O) groups excluding carboxylic acids is 6. The van der Waals surface area contributed by atoms with Crippen LogP contribution in [0.15, 0.2) is 77.6 Å². The van der Waals surface area contributed by atoms with Crippen molar-refractivity contribution in [2.45, 2.75) is 109 Å². The zero-order valence-corrected chi connectivity index (χ0v) is 46.7. The normalized spacial score (nSPS) is 21.5. The second-order valence-corrected chi connectivity index (χ2v) is 24.7. The Morgan fingerprint density at radius 1 is 0.885 bits per heavy atom. The van der Waals surface area contributed by atoms with Crippen LogP contribution in [0, 0.1) is 11.3 Å². The van der Waals surface area contributed by atoms with Crippen LogP contribution >= 0.6 is 18.9 Å². The Labute approximate surface area is 456 Å². The Morgan fingerprint density at radius 2 is 1.62 bits per heavy atom. The van der Waals surface area contributed by atoms with Crippen LogP contribution in [0.25, 0.3) is 21.1 Å². The number of imidazole rings is 1. The van der Waals surface area contributed by atoms with Gasteiger partial charge in [0.25, 0.3) is 5.91 Å². The second kappa shape index (κ2) is 23.7. The lowest BCUT2D eigenvalue weighted by molar-refractivity contribution is -0.156. The summed E-state index contributed by atoms with van der Waals surface area (Å²) in [7, 11) is -2.46. The van der Waals surface area contributed by atoms with Crippen LogP contribution in [-0.4, -0.2) is 137 Å². The lowest BCUT2D eigenvalue weighted by Crippen LogP contribution is -2.60. The van der Waals surface area contributed by atoms with E-state index in [1.54, 1.807) is 42.8 Å². The van der Waals surface area contributed by atoms with Gasteiger partial charge in [-0.1, -0.05) is 63.2 Å². The molecule has 9 rings (SSSR count). The van der Waals surface area contributed by atoms with Gasteiger partial charge in [0.2, 0.25) is 35.4 Å². The number of amides is 6. The maximum absolute atomic E-state index is 15.8. The van der Waals surface area contributed by atoms with Crippen molar-refractivity contribution >= 4 is 75.5 Å². The average molecular weight is 1110 g/mol. The third-order valence-electron chi connectivity index (χ3n) is 15.3. The van der Waals surface area contributed by atoms with Crippen molar-refractivity contribution in [3.05, 3.63) is 105 Å². The standard InChI is InChI=1S/C56H69FN7O12PS/c1-7-75-77(72,76-8-2)50(57)37-15-18-44-38(30-37)31-45(78-44)52(68)59-49(56(3,4)5)54(70)63-25-22-42(48(63)53(69)62-26-27-73-43(32-62)36-12-10-9-11-13-36)74-33-47(66)61-23-20-34(21-24-61)28-35-14-16-39-41(29-35)60(6)55(71)64(39)40-17-19-46(65)58-51(40)67/h9-16,18,29-31,34,40,42-43,48-50H,7-8,17,19-28,32-33H2,1-6H3,(H,59,68)(H,58,65,67)/t40?,42-,43+,48+,49-,50?/m1/s1. The van der Waals surface area contributed by atoms with Crippen molar-refractivity contribution < 1.29 is 56.2 Å². The number of nitrogens with one attached hydrogen (secondary N) is 2. The number of piperidine rings is 2. The first-order valence-electron chi connectivity index (χ1n) is 26.8. The maximum Gasteiger partial charge on any atom is 0.369 e. The molecule has 5 aromatic rings. The number of alkyl halides is 1. The zero-order chi connectivity index (χ0) is 55.6. The van der Waals surface area contributed by atoms with E-state index in [2.05, 4.69) is 10.6 Å². The van der Waals surface area contributed by atoms with Crippen molar-refractivity contribution in [1.29, 1.82) is 0 Å². The molecule has 418 valence electrons. The van der Waals surface area contributed by atoms with E-state index in [1.165, 1.54) is 26.2 Å². The molecule has 0 spiro atoms. The predicted octanol–water partition coefficient (Wildman–Crippen LogP) is 6.98. The average Bonchev–Trinajstić information content (AvgIpc) is 4.26. The summed E-state index contributed by atoms with van der Waals surface area (Å²) in [6.07, 6.45) is 1.57. The molecular formula is C56H69FN7O12PS. The molecule has 6 atom stereocenters. The molecule has 4 aliphatic rings. The summed E-state index contributed by atoms with van der Waals surface area (Å²) >= 11 is 1.15. The molecule has 19 nitrogen and oxygen atoms in total. The number of benzene rings is 3. The molecule has 0 saturated carbocycles. The summed E-state index contributed by atoms with van der Waals surface area (Å²) in [5, 5.41) is 5.84. The Bertz CT molecular complexity index is 3180. The van der Waals surface area contributed by atoms with Crippen LogP contribution in [0.4, 0.5) is 4.39 Å². The van der Waals surface area contributed by atoms with Crippen molar-refractivity contribution in [1.82, 2.24) is 34.5 Å². The quantitative estimate of drug-likeness (QED) is 0.0713. The minimum Gasteiger partial charge on any atom is -0.370 e. The van der Waals surface area contributed by atoms with Gasteiger partial charge in [-0.15, -0.1) is 11.3 Å². The molecule has 22 heteroatoms. The van der Waals surface area contributed by atoms with E-state index >= 15 is 9.18 Å². The van der Waals surface area contributed by atoms with Crippen LogP contribution in [0.5, 0.6) is 0 Å². The highest BCUT2D eigenvalue weighted by Crippen LogP contribution is 2.62. The minimum absolute atomic E-state index is 0.0113. The fourth-order valence-corrected chi connectivity index (χ4v) is 13.7. The molecular weight excluding hydrogens is 1040 g/mol. The van der Waals surface area contributed by atoms with Gasteiger partial charge >= 0.3 is 13.3 Å². The first kappa shape index (κ1) is 56.6. The lowest BCUT2D eigenvalue weighted by Gasteiger charge is -2.39. The van der Waals surface area contributed by atoms with E-state index < -0.39 is 67.0 Å². The fraction of sp³-hybridized carbons (Fsp3) is 0.518. The molecule has 6 heterocycles. The Kier molecular flexibility index (Phi) is 17.2. The van der Waals surface area contributed by atoms with Gasteiger partial charge in [-0.25, -0.2) is 9.18 Å². The third kappa shape index (κ3) is 11.9. The van der Waals surface area contributed by atoms with Gasteiger partial charge in [0, 0.05) is 44.3 Å². The first-order chi connectivity index (χ1) is 37.3. The van der Waals surface area contributed by atoms with Crippen molar-refractivity contribution in [2.75, 3.05) is 59.2 Å². The fourth-order valence-electron chi connectivity index (χ4n) is 11.2. The Balaban J connectivity index is 0.876. The van der Waals surface area contributed by atoms with Crippen LogP contribution in [0.1, 0.15) is 111 Å². The number of hydrogen-bond acceptors (Lipinski definition) is 13. The number of nitrogens with zero attached hydrogens (tertiary/aromatic N) is 5. The molecule has 0 radical (unpaired) electrons. The molecule has 4 fully saturated rings. The number of morpholine rings is 1. The molecule has 2 unspecified atom stereocenters. The van der Waals surface area contributed by atoms with E-state index in [4.69, 9.17) is 18.5 Å². The number of rotatable bonds is 17. The monoisotopic (exact) mass is 1110 g/mol. The molecule has 78 heavy (non-hydrogen) atoms. The molecule has 4 aliphatic heterocycles. The van der Waals surface area contributed by atoms with Gasteiger partial charge < -0.3 is 38.5 Å². The van der Waals surface area contributed by atoms with Crippen molar-refractivity contribution in [3.63, 3.8) is 0 Å². The summed E-state index contributed by atoms with van der Waals surface area (Å²) in [5.41, 5.74) is 2.12. The molecule has 2 aromatic heterocycles. The number of carbonyl (C=O) groups is 6. The molecule has 0 aliphatic carbocycles. The Hall–Kier alpha value is -6.09. The highest BCUT2D eigenvalue weighted by molar-refractivity contribution is 7.54. The van der Waals surface area contributed by atoms with Crippen LogP contribution < -0.4 is 16.3 Å². The molecule has 2 N–H and O–H groups in total. The molecule has 4 saturated heterocycles. The predicted molar refractivity (Wildman–Crippen MR) is 290 cm³/mol. The maximum atomic E-state index is 15.8. The van der Waals surface area contributed by atoms with Crippen molar-refractivity contribution in [3.8, 4) is 0 Å². The van der Waals surface area contributed by atoms with Crippen LogP contribution in [0.2, 0.25) is 0 Å². The SMILES string of the molecule is CCOP(=O)(OCC)C(F)c1ccc2sc(C(=O)N[C@H](C(=O)N3CC[C@@H](OCC(=O)N4CCC(Cc5ccc6c(c5)n(C)c(=O)n6C5CCC(=O)NC5=O)CC4)[C@H]3C(=O)N3CCO[C@H](c4ccccc4)C3)C(C)(C)C)cc2c1. The highest BCUT2D eigenvalue weighted by atomic mass is 32.1. The molecule has 0 bridgehead atoms. The first-order valence-corrected chi connectivity index (χ1v) is 29.3. The topological polar surface area (TPSA) is 217 Å². The van der Waals surface area contributed by atoms with E-state index in [9.17, 15) is 33.3 Å². The van der Waals surface area contributed by atoms with Gasteiger partial charge in [-0.3, -0.25) is 47.8 Å². The number of ether oxygens (including phenoxy) is 2. The summed E-state index contributed by atoms with van der Waals surface area (Å²) in [4.78, 5) is 101. The minimum atomic E-state index is -4.13. The number of likely N-dealkylation sites (tertiary alicyclic amines) is 2. The van der Waals surface area contributed by atoms with Gasteiger partial charge in [-0.2, -0.15) is 0 Å². The summed E-state index contributed by atoms with van der Waals surface area (Å²) in [5.74, 6) is -4.26. The summed E-state index contributed by atoms with van der Waals surface area (Å²) in [6.45, 7) is 10.2. The zero-order valence-electron chi connectivity index (χ0n) is 44.9. The number of thiophene rings is 1. The van der Waals surface area contributed by atoms with Crippen LogP contribution in [0.3, 0.4) is 0 Å². The molecule has 6 amide bonds. The highest BCUT2D eigenvalue weighted by Gasteiger charge is 2.49. The van der Waals surface area contributed by atoms with E-state index in [0.717, 1.165) is 35.3 Å².